The molecule has 36 heavy (non-hydrogen) atoms. The van der Waals surface area contributed by atoms with Gasteiger partial charge in [-0.15, -0.1) is 0 Å². The second-order valence-electron chi connectivity index (χ2n) is 8.82. The van der Waals surface area contributed by atoms with Gasteiger partial charge in [0.2, 0.25) is 0 Å². The van der Waals surface area contributed by atoms with Crippen LogP contribution in [0.2, 0.25) is 18.1 Å². The van der Waals surface area contributed by atoms with Crippen LogP contribution in [0.25, 0.3) is 0 Å². The normalized spacial score (nSPS) is 13.2. The largest absolute Gasteiger partial charge is 0.457 e. The summed E-state index contributed by atoms with van der Waals surface area (Å²) in [5, 5.41) is 0. The van der Waals surface area contributed by atoms with Crippen LogP contribution in [0.5, 0.6) is 0 Å². The van der Waals surface area contributed by atoms with Crippen LogP contribution in [0.15, 0.2) is 84.0 Å². The van der Waals surface area contributed by atoms with Crippen LogP contribution in [0, 0.1) is 0 Å². The van der Waals surface area contributed by atoms with Gasteiger partial charge in [-0.25, -0.2) is 9.59 Å². The van der Waals surface area contributed by atoms with E-state index in [0.717, 1.165) is 29.3 Å². The average molecular weight is 509 g/mol. The lowest BCUT2D eigenvalue weighted by Crippen LogP contribution is -2.42. The van der Waals surface area contributed by atoms with Crippen molar-refractivity contribution < 1.29 is 23.5 Å². The second kappa shape index (κ2) is 15.2. The Morgan fingerprint density at radius 2 is 1.28 bits per heavy atom. The van der Waals surface area contributed by atoms with Crippen molar-refractivity contribution in [3.63, 3.8) is 0 Å². The number of rotatable bonds is 14. The molecule has 2 aromatic carbocycles. The predicted octanol–water partition coefficient (Wildman–Crippen LogP) is 7.15. The molecule has 0 heterocycles. The fourth-order valence-corrected chi connectivity index (χ4v) is 6.87. The van der Waals surface area contributed by atoms with Crippen molar-refractivity contribution in [1.82, 2.24) is 0 Å². The van der Waals surface area contributed by atoms with E-state index in [9.17, 15) is 9.59 Å². The average Bonchev–Trinajstić information content (AvgIpc) is 2.93. The molecule has 0 bridgehead atoms. The Labute approximate surface area is 217 Å². The fourth-order valence-electron chi connectivity index (χ4n) is 4.05. The SMILES string of the molecule is C/C=C/C[C@H](O[Si](CC)(CC)CC)/C(C(=O)OCc1ccccc1)=C(\C)C(=O)OCc1ccccc1. The summed E-state index contributed by atoms with van der Waals surface area (Å²) < 4.78 is 18.1. The minimum Gasteiger partial charge on any atom is -0.457 e. The Morgan fingerprint density at radius 1 is 0.806 bits per heavy atom. The summed E-state index contributed by atoms with van der Waals surface area (Å²) in [5.74, 6) is -1.09. The Hall–Kier alpha value is -2.96. The van der Waals surface area contributed by atoms with Gasteiger partial charge in [-0.1, -0.05) is 93.6 Å². The topological polar surface area (TPSA) is 61.8 Å². The summed E-state index contributed by atoms with van der Waals surface area (Å²) in [7, 11) is -2.11. The summed E-state index contributed by atoms with van der Waals surface area (Å²) in [6, 6.07) is 21.8. The van der Waals surface area contributed by atoms with Crippen molar-refractivity contribution in [2.45, 2.75) is 78.5 Å². The number of hydrogen-bond acceptors (Lipinski definition) is 5. The van der Waals surface area contributed by atoms with Crippen molar-refractivity contribution in [3.05, 3.63) is 95.1 Å². The molecule has 2 rings (SSSR count). The molecule has 0 saturated carbocycles. The highest BCUT2D eigenvalue weighted by Crippen LogP contribution is 2.29. The van der Waals surface area contributed by atoms with E-state index in [-0.39, 0.29) is 24.4 Å². The van der Waals surface area contributed by atoms with Gasteiger partial charge in [0, 0.05) is 5.57 Å². The lowest BCUT2D eigenvalue weighted by Gasteiger charge is -2.34. The number of carbonyl (C=O) groups is 2. The van der Waals surface area contributed by atoms with Crippen LogP contribution in [-0.2, 0) is 36.7 Å². The van der Waals surface area contributed by atoms with Crippen LogP contribution in [0.1, 0.15) is 52.2 Å². The molecule has 0 radical (unpaired) electrons. The minimum atomic E-state index is -2.11. The number of allylic oxidation sites excluding steroid dienone is 1. The lowest BCUT2D eigenvalue weighted by molar-refractivity contribution is -0.144. The molecule has 0 spiro atoms. The maximum atomic E-state index is 13.5. The molecular formula is C30H40O5Si. The Kier molecular flexibility index (Phi) is 12.4. The first-order chi connectivity index (χ1) is 17.4. The van der Waals surface area contributed by atoms with E-state index < -0.39 is 26.4 Å². The minimum absolute atomic E-state index is 0.115. The van der Waals surface area contributed by atoms with Crippen LogP contribution in [0.3, 0.4) is 0 Å². The van der Waals surface area contributed by atoms with Gasteiger partial charge in [0.25, 0.3) is 0 Å². The highest BCUT2D eigenvalue weighted by atomic mass is 28.4. The summed E-state index contributed by atoms with van der Waals surface area (Å²) in [5.41, 5.74) is 2.22. The number of esters is 2. The molecule has 0 fully saturated rings. The summed E-state index contributed by atoms with van der Waals surface area (Å²) >= 11 is 0. The number of benzene rings is 2. The molecular weight excluding hydrogens is 468 g/mol. The smallest absolute Gasteiger partial charge is 0.337 e. The van der Waals surface area contributed by atoms with E-state index in [4.69, 9.17) is 13.9 Å². The summed E-state index contributed by atoms with van der Waals surface area (Å²) in [6.45, 7) is 10.2. The maximum Gasteiger partial charge on any atom is 0.337 e. The zero-order valence-electron chi connectivity index (χ0n) is 22.3. The molecule has 194 valence electrons. The first-order valence-corrected chi connectivity index (χ1v) is 15.3. The third kappa shape index (κ3) is 8.61. The van der Waals surface area contributed by atoms with E-state index >= 15 is 0 Å². The molecule has 0 aliphatic rings. The summed E-state index contributed by atoms with van der Waals surface area (Å²) in [6.07, 6.45) is 3.79. The number of hydrogen-bond donors (Lipinski definition) is 0. The zero-order valence-corrected chi connectivity index (χ0v) is 23.3. The second-order valence-corrected chi connectivity index (χ2v) is 13.5. The van der Waals surface area contributed by atoms with Crippen molar-refractivity contribution in [2.75, 3.05) is 0 Å². The van der Waals surface area contributed by atoms with E-state index in [0.29, 0.717) is 6.42 Å². The van der Waals surface area contributed by atoms with Gasteiger partial charge in [-0.3, -0.25) is 0 Å². The number of carbonyl (C=O) groups excluding carboxylic acids is 2. The molecule has 5 nitrogen and oxygen atoms in total. The highest BCUT2D eigenvalue weighted by molar-refractivity contribution is 6.73. The van der Waals surface area contributed by atoms with Crippen LogP contribution < -0.4 is 0 Å². The first kappa shape index (κ1) is 29.3. The molecule has 0 aliphatic carbocycles. The van der Waals surface area contributed by atoms with Gasteiger partial charge in [-0.05, 0) is 49.5 Å². The first-order valence-electron chi connectivity index (χ1n) is 12.8. The molecule has 0 saturated heterocycles. The molecule has 2 aromatic rings. The maximum absolute atomic E-state index is 13.5. The molecule has 0 unspecified atom stereocenters. The Morgan fingerprint density at radius 3 is 1.72 bits per heavy atom. The molecule has 0 N–H and O–H groups in total. The van der Waals surface area contributed by atoms with Gasteiger partial charge in [0.1, 0.15) is 13.2 Å². The molecule has 0 aliphatic heterocycles. The van der Waals surface area contributed by atoms with Gasteiger partial charge in [0.05, 0.1) is 11.7 Å². The van der Waals surface area contributed by atoms with Gasteiger partial charge < -0.3 is 13.9 Å². The fraction of sp³-hybridized carbons (Fsp3) is 0.400. The van der Waals surface area contributed by atoms with Crippen LogP contribution >= 0.6 is 0 Å². The molecule has 0 aromatic heterocycles. The monoisotopic (exact) mass is 508 g/mol. The highest BCUT2D eigenvalue weighted by Gasteiger charge is 2.36. The molecule has 0 amide bonds. The quantitative estimate of drug-likeness (QED) is 0.117. The van der Waals surface area contributed by atoms with Gasteiger partial charge in [0.15, 0.2) is 8.32 Å². The Bertz CT molecular complexity index is 1000. The lowest BCUT2D eigenvalue weighted by atomic mass is 10.0. The Balaban J connectivity index is 2.41. The van der Waals surface area contributed by atoms with Crippen molar-refractivity contribution in [3.8, 4) is 0 Å². The standard InChI is InChI=1S/C30H40O5Si/c1-6-10-21-27(35-36(7-2,8-3)9-4)28(30(32)34-23-26-19-15-12-16-20-26)24(5)29(31)33-22-25-17-13-11-14-18-25/h6,10-20,27H,7-9,21-23H2,1-5H3/b10-6+,28-24-/t27-/m0/s1. The van der Waals surface area contributed by atoms with E-state index in [1.54, 1.807) is 6.92 Å². The van der Waals surface area contributed by atoms with E-state index in [1.807, 2.05) is 79.7 Å². The molecule has 1 atom stereocenters. The van der Waals surface area contributed by atoms with Crippen LogP contribution in [-0.4, -0.2) is 26.4 Å². The van der Waals surface area contributed by atoms with E-state index in [1.165, 1.54) is 0 Å². The van der Waals surface area contributed by atoms with Crippen LogP contribution in [0.4, 0.5) is 0 Å². The third-order valence-electron chi connectivity index (χ3n) is 6.59. The van der Waals surface area contributed by atoms with Crippen molar-refractivity contribution in [2.24, 2.45) is 0 Å². The summed E-state index contributed by atoms with van der Waals surface area (Å²) in [4.78, 5) is 26.7. The van der Waals surface area contributed by atoms with Crippen molar-refractivity contribution >= 4 is 20.3 Å². The van der Waals surface area contributed by atoms with Crippen molar-refractivity contribution in [1.29, 1.82) is 0 Å². The van der Waals surface area contributed by atoms with Gasteiger partial charge >= 0.3 is 11.9 Å². The zero-order chi connectivity index (χ0) is 26.4. The third-order valence-corrected chi connectivity index (χ3v) is 11.2. The number of ether oxygens (including phenoxy) is 2. The van der Waals surface area contributed by atoms with E-state index in [2.05, 4.69) is 20.8 Å². The predicted molar refractivity (Wildman–Crippen MR) is 147 cm³/mol. The van der Waals surface area contributed by atoms with Gasteiger partial charge in [-0.2, -0.15) is 0 Å². The molecule has 6 heteroatoms.